The molecule has 24 heavy (non-hydrogen) atoms. The van der Waals surface area contributed by atoms with E-state index in [0.29, 0.717) is 12.2 Å². The summed E-state index contributed by atoms with van der Waals surface area (Å²) in [5.74, 6) is 0.318. The molecular weight excluding hydrogens is 343 g/mol. The van der Waals surface area contributed by atoms with E-state index in [1.165, 1.54) is 25.4 Å². The molecule has 1 atom stereocenters. The van der Waals surface area contributed by atoms with E-state index < -0.39 is 17.8 Å². The first-order valence-electron chi connectivity index (χ1n) is 7.12. The molecule has 0 saturated carbocycles. The molecule has 0 fully saturated rings. The van der Waals surface area contributed by atoms with Crippen LogP contribution in [0.4, 0.5) is 13.2 Å². The van der Waals surface area contributed by atoms with Crippen molar-refractivity contribution in [2.24, 2.45) is 0 Å². The van der Waals surface area contributed by atoms with Crippen molar-refractivity contribution in [1.29, 1.82) is 0 Å². The Morgan fingerprint density at radius 2 is 2.21 bits per heavy atom. The van der Waals surface area contributed by atoms with Crippen molar-refractivity contribution in [2.75, 3.05) is 7.11 Å². The molecule has 1 unspecified atom stereocenters. The Kier molecular flexibility index (Phi) is 4.60. The molecule has 2 aromatic rings. The number of hydrogen-bond acceptors (Lipinski definition) is 5. The highest BCUT2D eigenvalue weighted by Crippen LogP contribution is 2.40. The maximum absolute atomic E-state index is 13.1. The lowest BCUT2D eigenvalue weighted by Crippen LogP contribution is -2.23. The van der Waals surface area contributed by atoms with E-state index in [9.17, 15) is 18.3 Å². The van der Waals surface area contributed by atoms with Gasteiger partial charge in [-0.1, -0.05) is 0 Å². The van der Waals surface area contributed by atoms with Crippen molar-refractivity contribution in [3.63, 3.8) is 0 Å². The zero-order valence-electron chi connectivity index (χ0n) is 12.6. The zero-order valence-corrected chi connectivity index (χ0v) is 13.4. The van der Waals surface area contributed by atoms with E-state index in [1.807, 2.05) is 0 Å². The molecule has 128 valence electrons. The van der Waals surface area contributed by atoms with Gasteiger partial charge in [0.25, 0.3) is 0 Å². The summed E-state index contributed by atoms with van der Waals surface area (Å²) in [4.78, 5) is 4.59. The van der Waals surface area contributed by atoms with E-state index in [0.717, 1.165) is 28.6 Å². The number of halogens is 3. The van der Waals surface area contributed by atoms with E-state index in [1.54, 1.807) is 6.07 Å². The number of aromatic hydroxyl groups is 1. The van der Waals surface area contributed by atoms with Crippen molar-refractivity contribution in [1.82, 2.24) is 4.98 Å². The lowest BCUT2D eigenvalue weighted by atomic mass is 10.0. The first-order valence-corrected chi connectivity index (χ1v) is 7.87. The molecule has 0 amide bonds. The van der Waals surface area contributed by atoms with Gasteiger partial charge in [0.2, 0.25) is 0 Å². The van der Waals surface area contributed by atoms with Gasteiger partial charge in [-0.2, -0.15) is 13.2 Å². The second-order valence-corrected chi connectivity index (χ2v) is 6.14. The van der Waals surface area contributed by atoms with Crippen LogP contribution in [0.3, 0.4) is 0 Å². The van der Waals surface area contributed by atoms with Crippen LogP contribution in [0.15, 0.2) is 35.4 Å². The van der Waals surface area contributed by atoms with Crippen LogP contribution in [-0.2, 0) is 23.2 Å². The summed E-state index contributed by atoms with van der Waals surface area (Å²) in [7, 11) is 1.44. The minimum atomic E-state index is -4.45. The number of hydrogen-bond donors (Lipinski definition) is 1. The Morgan fingerprint density at radius 1 is 1.42 bits per heavy atom. The number of pyridine rings is 1. The first-order chi connectivity index (χ1) is 11.4. The number of rotatable bonds is 3. The number of nitrogens with zero attached hydrogens (tertiary/aromatic N) is 1. The van der Waals surface area contributed by atoms with Crippen molar-refractivity contribution in [3.8, 4) is 11.5 Å². The highest BCUT2D eigenvalue weighted by Gasteiger charge is 2.35. The summed E-state index contributed by atoms with van der Waals surface area (Å²) in [5, 5.41) is 9.76. The average molecular weight is 357 g/mol. The van der Waals surface area contributed by atoms with Gasteiger partial charge in [0, 0.05) is 36.0 Å². The maximum Gasteiger partial charge on any atom is 0.418 e. The summed E-state index contributed by atoms with van der Waals surface area (Å²) >= 11 is 1.04. The minimum Gasteiger partial charge on any atom is -0.504 e. The predicted octanol–water partition coefficient (Wildman–Crippen LogP) is 4.01. The Morgan fingerprint density at radius 3 is 2.92 bits per heavy atom. The fourth-order valence-electron chi connectivity index (χ4n) is 2.57. The van der Waals surface area contributed by atoms with Crippen molar-refractivity contribution in [3.05, 3.63) is 47.3 Å². The molecule has 8 heteroatoms. The van der Waals surface area contributed by atoms with Crippen LogP contribution in [0.2, 0.25) is 0 Å². The third-order valence-electron chi connectivity index (χ3n) is 3.70. The van der Waals surface area contributed by atoms with E-state index in [4.69, 9.17) is 8.92 Å². The van der Waals surface area contributed by atoms with Gasteiger partial charge >= 0.3 is 6.18 Å². The fourth-order valence-corrected chi connectivity index (χ4v) is 3.36. The molecule has 1 aromatic carbocycles. The highest BCUT2D eigenvalue weighted by atomic mass is 32.2. The molecule has 4 nitrogen and oxygen atoms in total. The number of methoxy groups -OCH3 is 1. The first kappa shape index (κ1) is 16.9. The molecule has 0 saturated heterocycles. The third-order valence-corrected chi connectivity index (χ3v) is 4.63. The predicted molar refractivity (Wildman–Crippen MR) is 82.0 cm³/mol. The molecule has 2 heterocycles. The van der Waals surface area contributed by atoms with Crippen LogP contribution < -0.4 is 4.74 Å². The second-order valence-electron chi connectivity index (χ2n) is 5.34. The highest BCUT2D eigenvalue weighted by molar-refractivity contribution is 7.94. The molecule has 3 rings (SSSR count). The molecular formula is C16H14F3NO3S. The summed E-state index contributed by atoms with van der Waals surface area (Å²) in [5.41, 5.74) is 0.0767. The fraction of sp³-hybridized carbons (Fsp3) is 0.312. The van der Waals surface area contributed by atoms with Gasteiger partial charge in [0.1, 0.15) is 0 Å². The summed E-state index contributed by atoms with van der Waals surface area (Å²) in [6, 6.07) is 5.49. The van der Waals surface area contributed by atoms with Gasteiger partial charge in [-0.15, -0.1) is 0 Å². The smallest absolute Gasteiger partial charge is 0.418 e. The van der Waals surface area contributed by atoms with Gasteiger partial charge in [0.05, 0.1) is 24.5 Å². The maximum atomic E-state index is 13.1. The Balaban J connectivity index is 1.82. The lowest BCUT2D eigenvalue weighted by Gasteiger charge is -2.25. The standard InChI is InChI=1S/C16H14F3NO3S/c1-22-14-6-9-5-10(23-24-15(9)8-13(14)21)7-12-11(16(17,18)19)3-2-4-20-12/h2-4,6,8,10,21H,5,7H2,1H3. The lowest BCUT2D eigenvalue weighted by molar-refractivity contribution is -0.138. The SMILES string of the molecule is COc1cc2c(cc1O)SOC(Cc1ncccc1C(F)(F)F)C2. The van der Waals surface area contributed by atoms with Crippen LogP contribution in [0.25, 0.3) is 0 Å². The van der Waals surface area contributed by atoms with E-state index >= 15 is 0 Å². The molecule has 1 aliphatic rings. The average Bonchev–Trinajstić information content (AvgIpc) is 2.54. The number of benzene rings is 1. The monoisotopic (exact) mass is 357 g/mol. The number of ether oxygens (including phenoxy) is 1. The Bertz CT molecular complexity index is 752. The summed E-state index contributed by atoms with van der Waals surface area (Å²) in [6.45, 7) is 0. The molecule has 0 aliphatic carbocycles. The van der Waals surface area contributed by atoms with Gasteiger partial charge < -0.3 is 14.0 Å². The van der Waals surface area contributed by atoms with E-state index in [-0.39, 0.29) is 17.9 Å². The number of phenols is 1. The van der Waals surface area contributed by atoms with Crippen molar-refractivity contribution < 1.29 is 27.2 Å². The molecule has 1 aliphatic heterocycles. The van der Waals surface area contributed by atoms with Crippen molar-refractivity contribution >= 4 is 12.0 Å². The molecule has 1 aromatic heterocycles. The van der Waals surface area contributed by atoms with Crippen LogP contribution in [0.1, 0.15) is 16.8 Å². The van der Waals surface area contributed by atoms with Gasteiger partial charge in [0.15, 0.2) is 11.5 Å². The summed E-state index contributed by atoms with van der Waals surface area (Å²) < 4.78 is 49.8. The topological polar surface area (TPSA) is 51.6 Å². The van der Waals surface area contributed by atoms with Gasteiger partial charge in [-0.05, 0) is 29.8 Å². The van der Waals surface area contributed by atoms with Gasteiger partial charge in [-0.3, -0.25) is 4.98 Å². The van der Waals surface area contributed by atoms with Crippen LogP contribution in [0, 0.1) is 0 Å². The quantitative estimate of drug-likeness (QED) is 0.842. The van der Waals surface area contributed by atoms with Crippen LogP contribution in [0.5, 0.6) is 11.5 Å². The van der Waals surface area contributed by atoms with Gasteiger partial charge in [-0.25, -0.2) is 0 Å². The molecule has 1 N–H and O–H groups in total. The normalized spacial score (nSPS) is 17.4. The number of phenolic OH excluding ortho intramolecular Hbond substituents is 1. The van der Waals surface area contributed by atoms with Crippen LogP contribution >= 0.6 is 12.0 Å². The summed E-state index contributed by atoms with van der Waals surface area (Å²) in [6.07, 6.45) is -3.10. The number of alkyl halides is 3. The zero-order chi connectivity index (χ0) is 17.3. The van der Waals surface area contributed by atoms with Crippen LogP contribution in [-0.4, -0.2) is 23.3 Å². The van der Waals surface area contributed by atoms with Crippen molar-refractivity contribution in [2.45, 2.75) is 30.0 Å². The molecule has 0 spiro atoms. The number of aromatic nitrogens is 1. The Hall–Kier alpha value is -1.93. The molecule has 0 bridgehead atoms. The largest absolute Gasteiger partial charge is 0.504 e. The number of fused-ring (bicyclic) bond motifs is 1. The third kappa shape index (κ3) is 3.44. The molecule has 0 radical (unpaired) electrons. The minimum absolute atomic E-state index is 0.00474. The second kappa shape index (κ2) is 6.52. The Labute approximate surface area is 140 Å². The van der Waals surface area contributed by atoms with E-state index in [2.05, 4.69) is 4.98 Å².